The second-order valence-electron chi connectivity index (χ2n) is 28.2. The van der Waals surface area contributed by atoms with Gasteiger partial charge in [-0.05, 0) is 269 Å². The van der Waals surface area contributed by atoms with Gasteiger partial charge in [0.2, 0.25) is 0 Å². The van der Waals surface area contributed by atoms with E-state index in [-0.39, 0.29) is 5.92 Å². The molecule has 0 bridgehead atoms. The number of carbonyl (C=O) groups is 1. The highest BCUT2D eigenvalue weighted by molar-refractivity contribution is 5.71. The van der Waals surface area contributed by atoms with Gasteiger partial charge in [0.05, 0.1) is 18.1 Å². The van der Waals surface area contributed by atoms with Crippen LogP contribution in [0, 0.1) is 88.8 Å². The Labute approximate surface area is 431 Å². The SMILES string of the molecule is COC1CCC(C2CCC(N3C(N4C5CCCCC5NC5C6CCCC7CCC8CCCC(C8C76)C54)=C(C4CCC(C5CCC(C(=O)OO)CC5)CC4)C4CC(C5CCC(OC)CC5)CCC43)CC2)CC1. The summed E-state index contributed by atoms with van der Waals surface area (Å²) in [6.07, 6.45) is 49.0. The molecule has 12 fully saturated rings. The van der Waals surface area contributed by atoms with E-state index in [1.165, 1.54) is 193 Å². The molecular weight excluding hydrogens is 879 g/mol. The van der Waals surface area contributed by atoms with Crippen LogP contribution in [0.25, 0.3) is 0 Å². The van der Waals surface area contributed by atoms with Gasteiger partial charge in [0.15, 0.2) is 0 Å². The molecule has 0 aromatic carbocycles. The zero-order chi connectivity index (χ0) is 47.7. The molecule has 0 amide bonds. The summed E-state index contributed by atoms with van der Waals surface area (Å²) >= 11 is 0. The van der Waals surface area contributed by atoms with Crippen LogP contribution in [-0.4, -0.2) is 83.7 Å². The van der Waals surface area contributed by atoms with Gasteiger partial charge in [-0.25, -0.2) is 4.79 Å². The van der Waals surface area contributed by atoms with Gasteiger partial charge in [-0.15, -0.1) is 0 Å². The largest absolute Gasteiger partial charge is 0.381 e. The van der Waals surface area contributed by atoms with Crippen LogP contribution >= 0.6 is 0 Å². The van der Waals surface area contributed by atoms with Gasteiger partial charge in [0.1, 0.15) is 5.82 Å². The zero-order valence-electron chi connectivity index (χ0n) is 45.0. The molecule has 2 heterocycles. The Balaban J connectivity index is 0.892. The summed E-state index contributed by atoms with van der Waals surface area (Å²) < 4.78 is 11.9. The molecule has 0 aromatic rings. The normalized spacial score (nSPS) is 50.0. The Bertz CT molecular complexity index is 1830. The molecule has 0 radical (unpaired) electrons. The van der Waals surface area contributed by atoms with Crippen LogP contribution < -0.4 is 5.32 Å². The van der Waals surface area contributed by atoms with E-state index in [0.717, 1.165) is 103 Å². The first-order valence-electron chi connectivity index (χ1n) is 31.9. The minimum Gasteiger partial charge on any atom is -0.381 e. The van der Waals surface area contributed by atoms with Gasteiger partial charge in [0, 0.05) is 56.4 Å². The van der Waals surface area contributed by atoms with Crippen molar-refractivity contribution in [2.45, 2.75) is 273 Å². The number of hydrogen-bond acceptors (Lipinski definition) is 8. The van der Waals surface area contributed by atoms with Crippen LogP contribution in [0.1, 0.15) is 225 Å². The average Bonchev–Trinajstić information content (AvgIpc) is 3.78. The van der Waals surface area contributed by atoms with E-state index in [1.807, 2.05) is 20.0 Å². The van der Waals surface area contributed by atoms with Gasteiger partial charge < -0.3 is 29.5 Å². The maximum atomic E-state index is 12.4. The van der Waals surface area contributed by atoms with Crippen LogP contribution in [0.5, 0.6) is 0 Å². The number of fused-ring (bicyclic) bond motifs is 5. The smallest absolute Gasteiger partial charge is 0.345 e. The molecule has 0 aromatic heterocycles. The van der Waals surface area contributed by atoms with Gasteiger partial charge in [-0.1, -0.05) is 38.5 Å². The highest BCUT2D eigenvalue weighted by atomic mass is 17.1. The topological polar surface area (TPSA) is 83.5 Å². The van der Waals surface area contributed by atoms with Gasteiger partial charge in [0.25, 0.3) is 0 Å². The van der Waals surface area contributed by atoms with E-state index in [9.17, 15) is 10.1 Å². The van der Waals surface area contributed by atoms with Crippen LogP contribution in [0.2, 0.25) is 0 Å². The fourth-order valence-corrected chi connectivity index (χ4v) is 22.6. The Hall–Kier alpha value is -1.35. The highest BCUT2D eigenvalue weighted by Gasteiger charge is 2.64. The maximum absolute atomic E-state index is 12.4. The number of piperazine rings is 1. The number of carbonyl (C=O) groups excluding carboxylic acids is 1. The molecule has 11 aliphatic carbocycles. The Kier molecular flexibility index (Phi) is 14.7. The molecule has 13 aliphatic rings. The highest BCUT2D eigenvalue weighted by Crippen LogP contribution is 2.64. The first kappa shape index (κ1) is 49.2. The van der Waals surface area contributed by atoms with Crippen LogP contribution in [0.4, 0.5) is 0 Å². The van der Waals surface area contributed by atoms with Crippen molar-refractivity contribution in [1.82, 2.24) is 15.1 Å². The number of methoxy groups -OCH3 is 2. The molecule has 13 unspecified atom stereocenters. The van der Waals surface area contributed by atoms with E-state index >= 15 is 0 Å². The second-order valence-corrected chi connectivity index (χ2v) is 28.2. The molecule has 8 nitrogen and oxygen atoms in total. The summed E-state index contributed by atoms with van der Waals surface area (Å²) in [5.74, 6) is 13.7. The van der Waals surface area contributed by atoms with Crippen molar-refractivity contribution in [1.29, 1.82) is 0 Å². The van der Waals surface area contributed by atoms with Crippen molar-refractivity contribution in [3.05, 3.63) is 11.4 Å². The summed E-state index contributed by atoms with van der Waals surface area (Å²) in [6, 6.07) is 4.06. The minimum atomic E-state index is -0.397. The molecule has 2 N–H and O–H groups in total. The molecule has 13 rings (SSSR count). The van der Waals surface area contributed by atoms with E-state index in [4.69, 9.17) is 14.8 Å². The predicted octanol–water partition coefficient (Wildman–Crippen LogP) is 13.7. The summed E-state index contributed by atoms with van der Waals surface area (Å²) in [5, 5.41) is 14.0. The van der Waals surface area contributed by atoms with Crippen molar-refractivity contribution in [2.75, 3.05) is 14.2 Å². The standard InChI is InChI=1S/C63H101N3O5/c1-69-49-32-25-41(26-33-49)40-23-30-48(31-24-40)65-55-36-29-47(42-27-34-50(70-2)35-28-42)37-53(55)59(45-17-13-38(14-18-45)39-15-21-46(22-16-39)63(67)71-68)62(65)66-56-12-4-3-11-54(56)64-60-51-9-5-7-43-19-20-44-8-6-10-52(61(60)66)58(44)57(43)51/h38-58,60-61,64,68H,3-37H2,1-2H3. The third-order valence-electron chi connectivity index (χ3n) is 25.7. The molecule has 0 spiro atoms. The molecule has 11 saturated carbocycles. The van der Waals surface area contributed by atoms with Crippen molar-refractivity contribution >= 4 is 5.97 Å². The van der Waals surface area contributed by atoms with E-state index < -0.39 is 5.97 Å². The average molecular weight is 981 g/mol. The number of nitrogens with one attached hydrogen (secondary N) is 1. The minimum absolute atomic E-state index is 0.111. The van der Waals surface area contributed by atoms with Crippen molar-refractivity contribution < 1.29 is 24.4 Å². The first-order chi connectivity index (χ1) is 35.0. The van der Waals surface area contributed by atoms with Crippen LogP contribution in [0.15, 0.2) is 11.4 Å². The van der Waals surface area contributed by atoms with Crippen LogP contribution in [0.3, 0.4) is 0 Å². The number of rotatable bonds is 9. The van der Waals surface area contributed by atoms with Crippen molar-refractivity contribution in [2.24, 2.45) is 88.8 Å². The van der Waals surface area contributed by atoms with E-state index in [0.29, 0.717) is 54.4 Å². The zero-order valence-corrected chi connectivity index (χ0v) is 45.0. The lowest BCUT2D eigenvalue weighted by atomic mass is 9.45. The predicted molar refractivity (Wildman–Crippen MR) is 281 cm³/mol. The molecule has 71 heavy (non-hydrogen) atoms. The number of nitrogens with zero attached hydrogens (tertiary/aromatic N) is 2. The van der Waals surface area contributed by atoms with E-state index in [2.05, 4.69) is 20.3 Å². The molecule has 13 atom stereocenters. The van der Waals surface area contributed by atoms with Crippen LogP contribution in [-0.2, 0) is 19.2 Å². The quantitative estimate of drug-likeness (QED) is 0.175. The first-order valence-corrected chi connectivity index (χ1v) is 31.9. The molecule has 2 aliphatic heterocycles. The monoisotopic (exact) mass is 980 g/mol. The van der Waals surface area contributed by atoms with Gasteiger partial charge in [-0.3, -0.25) is 0 Å². The van der Waals surface area contributed by atoms with Crippen molar-refractivity contribution in [3.63, 3.8) is 0 Å². The number of ether oxygens (including phenoxy) is 2. The molecule has 398 valence electrons. The number of hydrogen-bond donors (Lipinski definition) is 2. The summed E-state index contributed by atoms with van der Waals surface area (Å²) in [7, 11) is 3.91. The lowest BCUT2D eigenvalue weighted by molar-refractivity contribution is -0.240. The summed E-state index contributed by atoms with van der Waals surface area (Å²) in [5.41, 5.74) is 2.06. The molecule has 1 saturated heterocycles. The Morgan fingerprint density at radius 1 is 0.493 bits per heavy atom. The summed E-state index contributed by atoms with van der Waals surface area (Å²) in [6.45, 7) is 0. The second kappa shape index (κ2) is 21.2. The van der Waals surface area contributed by atoms with E-state index in [1.54, 1.807) is 6.42 Å². The summed E-state index contributed by atoms with van der Waals surface area (Å²) in [4.78, 5) is 23.6. The Morgan fingerprint density at radius 2 is 1.01 bits per heavy atom. The van der Waals surface area contributed by atoms with Gasteiger partial charge >= 0.3 is 5.97 Å². The van der Waals surface area contributed by atoms with Gasteiger partial charge in [-0.2, -0.15) is 5.26 Å². The fraction of sp³-hybridized carbons (Fsp3) is 0.952. The third-order valence-corrected chi connectivity index (χ3v) is 25.7. The Morgan fingerprint density at radius 3 is 1.63 bits per heavy atom. The lowest BCUT2D eigenvalue weighted by Gasteiger charge is -2.68. The maximum Gasteiger partial charge on any atom is 0.345 e. The molecular formula is C63H101N3O5. The fourth-order valence-electron chi connectivity index (χ4n) is 22.6. The van der Waals surface area contributed by atoms with Crippen molar-refractivity contribution in [3.8, 4) is 0 Å². The lowest BCUT2D eigenvalue weighted by Crippen LogP contribution is -2.76. The molecule has 8 heteroatoms. The third kappa shape index (κ3) is 9.04.